The molecule has 1 aliphatic rings. The second-order valence-electron chi connectivity index (χ2n) is 3.44. The molecule has 0 saturated carbocycles. The van der Waals surface area contributed by atoms with Crippen molar-refractivity contribution in [1.82, 2.24) is 4.90 Å². The van der Waals surface area contributed by atoms with Gasteiger partial charge in [-0.1, -0.05) is 13.8 Å². The normalized spacial score (nSPS) is 32.9. The van der Waals surface area contributed by atoms with Gasteiger partial charge in [0.25, 0.3) is 0 Å². The molecule has 2 heteroatoms. The maximum absolute atomic E-state index is 7.40. The molecule has 1 fully saturated rings. The molecule has 1 aliphatic heterocycles. The van der Waals surface area contributed by atoms with E-state index in [0.717, 1.165) is 30.8 Å². The third-order valence-corrected chi connectivity index (χ3v) is 2.46. The number of rotatable bonds is 0. The Bertz CT molecular complexity index is 132. The highest BCUT2D eigenvalue weighted by atomic mass is 15.2. The first-order chi connectivity index (χ1) is 4.61. The summed E-state index contributed by atoms with van der Waals surface area (Å²) in [5, 5.41) is 7.40. The number of amidine groups is 1. The standard InChI is InChI=1S/C8H16N2/c1-6-4-10(8(3)9)5-7(6)2/h6-7,9H,4-5H2,1-3H3. The zero-order valence-corrected chi connectivity index (χ0v) is 7.02. The quantitative estimate of drug-likeness (QED) is 0.401. The predicted molar refractivity (Wildman–Crippen MR) is 43.3 cm³/mol. The zero-order valence-electron chi connectivity index (χ0n) is 7.02. The van der Waals surface area contributed by atoms with E-state index in [0.29, 0.717) is 0 Å². The molecule has 10 heavy (non-hydrogen) atoms. The first kappa shape index (κ1) is 7.58. The van der Waals surface area contributed by atoms with Crippen molar-refractivity contribution in [2.24, 2.45) is 11.8 Å². The second-order valence-corrected chi connectivity index (χ2v) is 3.44. The smallest absolute Gasteiger partial charge is 0.0926 e. The molecule has 0 bridgehead atoms. The van der Waals surface area contributed by atoms with Crippen LogP contribution in [0.4, 0.5) is 0 Å². The van der Waals surface area contributed by atoms with E-state index < -0.39 is 0 Å². The number of likely N-dealkylation sites (tertiary alicyclic amines) is 1. The van der Waals surface area contributed by atoms with Crippen LogP contribution in [0.5, 0.6) is 0 Å². The van der Waals surface area contributed by atoms with Gasteiger partial charge in [-0.05, 0) is 18.8 Å². The van der Waals surface area contributed by atoms with Crippen molar-refractivity contribution in [3.63, 3.8) is 0 Å². The lowest BCUT2D eigenvalue weighted by atomic mass is 10.0. The van der Waals surface area contributed by atoms with Gasteiger partial charge in [0, 0.05) is 13.1 Å². The number of hydrogen-bond acceptors (Lipinski definition) is 1. The highest BCUT2D eigenvalue weighted by Gasteiger charge is 2.25. The fraction of sp³-hybridized carbons (Fsp3) is 0.875. The van der Waals surface area contributed by atoms with Crippen molar-refractivity contribution >= 4 is 5.84 Å². The lowest BCUT2D eigenvalue weighted by Gasteiger charge is -2.14. The summed E-state index contributed by atoms with van der Waals surface area (Å²) in [6.45, 7) is 8.54. The van der Waals surface area contributed by atoms with E-state index in [1.807, 2.05) is 6.92 Å². The number of nitrogens with zero attached hydrogens (tertiary/aromatic N) is 1. The van der Waals surface area contributed by atoms with Crippen LogP contribution in [0.1, 0.15) is 20.8 Å². The van der Waals surface area contributed by atoms with E-state index in [9.17, 15) is 0 Å². The van der Waals surface area contributed by atoms with Crippen molar-refractivity contribution in [3.05, 3.63) is 0 Å². The molecule has 0 radical (unpaired) electrons. The van der Waals surface area contributed by atoms with Gasteiger partial charge in [-0.25, -0.2) is 0 Å². The van der Waals surface area contributed by atoms with E-state index in [-0.39, 0.29) is 0 Å². The molecule has 1 heterocycles. The molecular formula is C8H16N2. The molecule has 0 spiro atoms. The summed E-state index contributed by atoms with van der Waals surface area (Å²) in [7, 11) is 0. The SMILES string of the molecule is CC(=N)N1CC(C)C(C)C1. The summed E-state index contributed by atoms with van der Waals surface area (Å²) in [6.07, 6.45) is 0. The van der Waals surface area contributed by atoms with E-state index in [2.05, 4.69) is 18.7 Å². The molecule has 1 rings (SSSR count). The van der Waals surface area contributed by atoms with Crippen LogP contribution in [0.3, 0.4) is 0 Å². The summed E-state index contributed by atoms with van der Waals surface area (Å²) < 4.78 is 0. The summed E-state index contributed by atoms with van der Waals surface area (Å²) >= 11 is 0. The first-order valence-electron chi connectivity index (χ1n) is 3.91. The molecular weight excluding hydrogens is 124 g/mol. The van der Waals surface area contributed by atoms with Crippen LogP contribution in [-0.2, 0) is 0 Å². The van der Waals surface area contributed by atoms with Gasteiger partial charge in [0.1, 0.15) is 0 Å². The lowest BCUT2D eigenvalue weighted by Crippen LogP contribution is -2.25. The summed E-state index contributed by atoms with van der Waals surface area (Å²) in [4.78, 5) is 2.15. The third kappa shape index (κ3) is 1.31. The van der Waals surface area contributed by atoms with Gasteiger partial charge < -0.3 is 4.90 Å². The first-order valence-corrected chi connectivity index (χ1v) is 3.91. The van der Waals surface area contributed by atoms with Gasteiger partial charge in [-0.3, -0.25) is 5.41 Å². The molecule has 0 aliphatic carbocycles. The van der Waals surface area contributed by atoms with Gasteiger partial charge in [0.05, 0.1) is 5.84 Å². The van der Waals surface area contributed by atoms with Crippen molar-refractivity contribution in [1.29, 1.82) is 5.41 Å². The Morgan fingerprint density at radius 1 is 1.30 bits per heavy atom. The maximum atomic E-state index is 7.40. The highest BCUT2D eigenvalue weighted by Crippen LogP contribution is 2.21. The molecule has 58 valence electrons. The monoisotopic (exact) mass is 140 g/mol. The van der Waals surface area contributed by atoms with E-state index in [4.69, 9.17) is 5.41 Å². The number of nitrogens with one attached hydrogen (secondary N) is 1. The lowest BCUT2D eigenvalue weighted by molar-refractivity contribution is 0.488. The average Bonchev–Trinajstić information content (AvgIpc) is 2.13. The van der Waals surface area contributed by atoms with Crippen molar-refractivity contribution < 1.29 is 0 Å². The van der Waals surface area contributed by atoms with Gasteiger partial charge in [0.2, 0.25) is 0 Å². The molecule has 2 unspecified atom stereocenters. The summed E-state index contributed by atoms with van der Waals surface area (Å²) in [5.74, 6) is 2.25. The minimum atomic E-state index is 0.719. The topological polar surface area (TPSA) is 27.1 Å². The van der Waals surface area contributed by atoms with Gasteiger partial charge in [-0.2, -0.15) is 0 Å². The Morgan fingerprint density at radius 3 is 1.90 bits per heavy atom. The van der Waals surface area contributed by atoms with Crippen LogP contribution in [0.15, 0.2) is 0 Å². The van der Waals surface area contributed by atoms with Gasteiger partial charge in [-0.15, -0.1) is 0 Å². The Hall–Kier alpha value is -0.530. The zero-order chi connectivity index (χ0) is 7.72. The second kappa shape index (κ2) is 2.60. The van der Waals surface area contributed by atoms with E-state index in [1.54, 1.807) is 0 Å². The molecule has 2 atom stereocenters. The van der Waals surface area contributed by atoms with Crippen molar-refractivity contribution in [3.8, 4) is 0 Å². The van der Waals surface area contributed by atoms with Crippen molar-refractivity contribution in [2.45, 2.75) is 20.8 Å². The fourth-order valence-electron chi connectivity index (χ4n) is 1.40. The molecule has 0 amide bonds. The van der Waals surface area contributed by atoms with Crippen LogP contribution in [-0.4, -0.2) is 23.8 Å². The molecule has 0 aromatic carbocycles. The Morgan fingerprint density at radius 2 is 1.70 bits per heavy atom. The van der Waals surface area contributed by atoms with Crippen LogP contribution in [0.25, 0.3) is 0 Å². The van der Waals surface area contributed by atoms with Crippen LogP contribution >= 0.6 is 0 Å². The largest absolute Gasteiger partial charge is 0.360 e. The number of hydrogen-bond donors (Lipinski definition) is 1. The molecule has 2 nitrogen and oxygen atoms in total. The van der Waals surface area contributed by atoms with E-state index in [1.165, 1.54) is 0 Å². The molecule has 1 N–H and O–H groups in total. The van der Waals surface area contributed by atoms with Crippen molar-refractivity contribution in [2.75, 3.05) is 13.1 Å². The molecule has 0 aromatic rings. The predicted octanol–water partition coefficient (Wildman–Crippen LogP) is 1.57. The minimum absolute atomic E-state index is 0.719. The summed E-state index contributed by atoms with van der Waals surface area (Å²) in [5.41, 5.74) is 0. The Balaban J connectivity index is 2.49. The Labute approximate surface area is 62.7 Å². The highest BCUT2D eigenvalue weighted by molar-refractivity contribution is 5.76. The van der Waals surface area contributed by atoms with Crippen LogP contribution < -0.4 is 0 Å². The summed E-state index contributed by atoms with van der Waals surface area (Å²) in [6, 6.07) is 0. The minimum Gasteiger partial charge on any atom is -0.360 e. The van der Waals surface area contributed by atoms with Crippen LogP contribution in [0, 0.1) is 17.2 Å². The maximum Gasteiger partial charge on any atom is 0.0926 e. The third-order valence-electron chi connectivity index (χ3n) is 2.46. The molecule has 0 aromatic heterocycles. The Kier molecular flexibility index (Phi) is 1.97. The average molecular weight is 140 g/mol. The molecule has 1 saturated heterocycles. The van der Waals surface area contributed by atoms with E-state index >= 15 is 0 Å². The van der Waals surface area contributed by atoms with Crippen LogP contribution in [0.2, 0.25) is 0 Å². The van der Waals surface area contributed by atoms with Gasteiger partial charge in [0.15, 0.2) is 0 Å². The fourth-order valence-corrected chi connectivity index (χ4v) is 1.40. The van der Waals surface area contributed by atoms with Gasteiger partial charge >= 0.3 is 0 Å².